The lowest BCUT2D eigenvalue weighted by Crippen LogP contribution is -2.41. The molecule has 18 heavy (non-hydrogen) atoms. The minimum absolute atomic E-state index is 0.166. The highest BCUT2D eigenvalue weighted by atomic mass is 32.1. The molecule has 0 aromatic rings. The average Bonchev–Trinajstić information content (AvgIpc) is 3.07. The third kappa shape index (κ3) is 5.78. The Morgan fingerprint density at radius 3 is 2.50 bits per heavy atom. The van der Waals surface area contributed by atoms with E-state index in [-0.39, 0.29) is 5.91 Å². The lowest BCUT2D eigenvalue weighted by molar-refractivity contribution is -0.131. The number of thiocarbonyl (C=S) groups is 1. The number of hydrogen-bond donors (Lipinski definition) is 1. The van der Waals surface area contributed by atoms with E-state index in [1.54, 1.807) is 4.90 Å². The van der Waals surface area contributed by atoms with E-state index >= 15 is 0 Å². The van der Waals surface area contributed by atoms with Gasteiger partial charge in [0.15, 0.2) is 0 Å². The van der Waals surface area contributed by atoms with Crippen LogP contribution in [0.2, 0.25) is 0 Å². The molecule has 1 fully saturated rings. The first-order valence-electron chi connectivity index (χ1n) is 6.66. The van der Waals surface area contributed by atoms with Crippen molar-refractivity contribution in [1.29, 1.82) is 0 Å². The Labute approximate surface area is 115 Å². The lowest BCUT2D eigenvalue weighted by atomic mass is 10.2. The number of carbonyl (C=O) groups is 1. The van der Waals surface area contributed by atoms with Crippen molar-refractivity contribution < 1.29 is 4.79 Å². The fourth-order valence-corrected chi connectivity index (χ4v) is 2.04. The zero-order valence-electron chi connectivity index (χ0n) is 11.7. The molecule has 0 unspecified atom stereocenters. The van der Waals surface area contributed by atoms with E-state index in [0.717, 1.165) is 6.54 Å². The smallest absolute Gasteiger partial charge is 0.236 e. The summed E-state index contributed by atoms with van der Waals surface area (Å²) in [6.45, 7) is 6.53. The molecule has 5 heteroatoms. The second-order valence-corrected chi connectivity index (χ2v) is 6.11. The number of likely N-dealkylation sites (N-methyl/N-ethyl adjacent to an activating group) is 1. The summed E-state index contributed by atoms with van der Waals surface area (Å²) in [6.07, 6.45) is 3.07. The van der Waals surface area contributed by atoms with Crippen LogP contribution in [0.3, 0.4) is 0 Å². The van der Waals surface area contributed by atoms with Gasteiger partial charge < -0.3 is 10.6 Å². The van der Waals surface area contributed by atoms with Crippen LogP contribution in [0.25, 0.3) is 0 Å². The highest BCUT2D eigenvalue weighted by Gasteiger charge is 2.31. The molecule has 0 radical (unpaired) electrons. The SMILES string of the molecule is CC(C)CN(CC(=O)N(C)CCC(N)=S)C1CC1. The molecule has 0 aromatic carbocycles. The first-order valence-corrected chi connectivity index (χ1v) is 7.07. The van der Waals surface area contributed by atoms with Crippen molar-refractivity contribution in [3.8, 4) is 0 Å². The van der Waals surface area contributed by atoms with Crippen molar-refractivity contribution in [2.75, 3.05) is 26.7 Å². The maximum absolute atomic E-state index is 12.1. The summed E-state index contributed by atoms with van der Waals surface area (Å²) in [7, 11) is 1.82. The summed E-state index contributed by atoms with van der Waals surface area (Å²) >= 11 is 4.83. The van der Waals surface area contributed by atoms with Gasteiger partial charge in [0.25, 0.3) is 0 Å². The van der Waals surface area contributed by atoms with E-state index < -0.39 is 0 Å². The van der Waals surface area contributed by atoms with Gasteiger partial charge in [0.05, 0.1) is 11.5 Å². The Morgan fingerprint density at radius 2 is 2.06 bits per heavy atom. The standard InChI is InChI=1S/C13H25N3OS/c1-10(2)8-16(11-4-5-11)9-13(17)15(3)7-6-12(14)18/h10-11H,4-9H2,1-3H3,(H2,14,18). The maximum atomic E-state index is 12.1. The Bertz CT molecular complexity index is 303. The Kier molecular flexibility index (Phi) is 6.02. The molecule has 4 nitrogen and oxygen atoms in total. The Morgan fingerprint density at radius 1 is 1.44 bits per heavy atom. The van der Waals surface area contributed by atoms with E-state index in [9.17, 15) is 4.79 Å². The van der Waals surface area contributed by atoms with E-state index in [4.69, 9.17) is 18.0 Å². The minimum Gasteiger partial charge on any atom is -0.393 e. The fourth-order valence-electron chi connectivity index (χ4n) is 1.95. The molecular weight excluding hydrogens is 246 g/mol. The highest BCUT2D eigenvalue weighted by Crippen LogP contribution is 2.27. The number of amides is 1. The van der Waals surface area contributed by atoms with Crippen LogP contribution in [-0.4, -0.2) is 53.4 Å². The van der Waals surface area contributed by atoms with Gasteiger partial charge in [-0.05, 0) is 18.8 Å². The van der Waals surface area contributed by atoms with Crippen molar-refractivity contribution in [1.82, 2.24) is 9.80 Å². The van der Waals surface area contributed by atoms with E-state index in [1.807, 2.05) is 7.05 Å². The van der Waals surface area contributed by atoms with Gasteiger partial charge in [0, 0.05) is 32.6 Å². The first-order chi connectivity index (χ1) is 8.40. The topological polar surface area (TPSA) is 49.6 Å². The molecule has 0 saturated heterocycles. The van der Waals surface area contributed by atoms with Crippen LogP contribution < -0.4 is 5.73 Å². The van der Waals surface area contributed by atoms with Gasteiger partial charge in [-0.25, -0.2) is 0 Å². The monoisotopic (exact) mass is 271 g/mol. The van der Waals surface area contributed by atoms with Gasteiger partial charge in [0.2, 0.25) is 5.91 Å². The quantitative estimate of drug-likeness (QED) is 0.675. The zero-order chi connectivity index (χ0) is 13.7. The minimum atomic E-state index is 0.166. The molecule has 1 aliphatic rings. The molecule has 0 spiro atoms. The van der Waals surface area contributed by atoms with Crippen LogP contribution in [0.1, 0.15) is 33.1 Å². The Hall–Kier alpha value is -0.680. The largest absolute Gasteiger partial charge is 0.393 e. The molecule has 2 N–H and O–H groups in total. The second-order valence-electron chi connectivity index (χ2n) is 5.59. The van der Waals surface area contributed by atoms with Gasteiger partial charge in [-0.15, -0.1) is 0 Å². The van der Waals surface area contributed by atoms with Crippen molar-refractivity contribution in [2.45, 2.75) is 39.2 Å². The molecular formula is C13H25N3OS. The molecule has 0 aliphatic heterocycles. The average molecular weight is 271 g/mol. The van der Waals surface area contributed by atoms with Crippen LogP contribution >= 0.6 is 12.2 Å². The molecule has 0 aromatic heterocycles. The molecule has 0 heterocycles. The number of hydrogen-bond acceptors (Lipinski definition) is 3. The van der Waals surface area contributed by atoms with Gasteiger partial charge in [0.1, 0.15) is 0 Å². The van der Waals surface area contributed by atoms with Crippen molar-refractivity contribution in [3.63, 3.8) is 0 Å². The summed E-state index contributed by atoms with van der Waals surface area (Å²) in [5.41, 5.74) is 5.45. The predicted octanol–water partition coefficient (Wildman–Crippen LogP) is 1.24. The first kappa shape index (κ1) is 15.4. The summed E-state index contributed by atoms with van der Waals surface area (Å²) in [4.78, 5) is 16.6. The van der Waals surface area contributed by atoms with Crippen LogP contribution in [0, 0.1) is 5.92 Å². The van der Waals surface area contributed by atoms with E-state index in [2.05, 4.69) is 18.7 Å². The van der Waals surface area contributed by atoms with Gasteiger partial charge in [-0.1, -0.05) is 26.1 Å². The molecule has 1 amide bonds. The van der Waals surface area contributed by atoms with Crippen LogP contribution in [-0.2, 0) is 4.79 Å². The third-order valence-corrected chi connectivity index (χ3v) is 3.32. The predicted molar refractivity (Wildman–Crippen MR) is 78.5 cm³/mol. The van der Waals surface area contributed by atoms with Crippen molar-refractivity contribution in [3.05, 3.63) is 0 Å². The van der Waals surface area contributed by atoms with Crippen LogP contribution in [0.5, 0.6) is 0 Å². The number of nitrogens with two attached hydrogens (primary N) is 1. The third-order valence-electron chi connectivity index (χ3n) is 3.12. The summed E-state index contributed by atoms with van der Waals surface area (Å²) in [5.74, 6) is 0.763. The van der Waals surface area contributed by atoms with Gasteiger partial charge >= 0.3 is 0 Å². The highest BCUT2D eigenvalue weighted by molar-refractivity contribution is 7.80. The Balaban J connectivity index is 2.37. The molecule has 1 aliphatic carbocycles. The normalized spacial score (nSPS) is 15.2. The number of nitrogens with zero attached hydrogens (tertiary/aromatic N) is 2. The maximum Gasteiger partial charge on any atom is 0.236 e. The van der Waals surface area contributed by atoms with Crippen molar-refractivity contribution >= 4 is 23.1 Å². The zero-order valence-corrected chi connectivity index (χ0v) is 12.5. The molecule has 0 bridgehead atoms. The molecule has 1 rings (SSSR count). The van der Waals surface area contributed by atoms with E-state index in [1.165, 1.54) is 12.8 Å². The summed E-state index contributed by atoms with van der Waals surface area (Å²) < 4.78 is 0. The summed E-state index contributed by atoms with van der Waals surface area (Å²) in [5, 5.41) is 0. The van der Waals surface area contributed by atoms with Gasteiger partial charge in [-0.3, -0.25) is 9.69 Å². The van der Waals surface area contributed by atoms with Crippen LogP contribution in [0.4, 0.5) is 0 Å². The summed E-state index contributed by atoms with van der Waals surface area (Å²) in [6, 6.07) is 0.625. The fraction of sp³-hybridized carbons (Fsp3) is 0.846. The molecule has 104 valence electrons. The second kappa shape index (κ2) is 7.04. The molecule has 1 saturated carbocycles. The molecule has 0 atom stereocenters. The van der Waals surface area contributed by atoms with Crippen LogP contribution in [0.15, 0.2) is 0 Å². The number of carbonyl (C=O) groups excluding carboxylic acids is 1. The van der Waals surface area contributed by atoms with E-state index in [0.29, 0.717) is 36.5 Å². The van der Waals surface area contributed by atoms with Crippen molar-refractivity contribution in [2.24, 2.45) is 11.7 Å². The van der Waals surface area contributed by atoms with Gasteiger partial charge in [-0.2, -0.15) is 0 Å². The lowest BCUT2D eigenvalue weighted by Gasteiger charge is -2.26. The number of rotatable bonds is 8.